The molecule has 1 saturated heterocycles. The average Bonchev–Trinajstić information content (AvgIpc) is 2.93. The molecule has 204 valence electrons. The van der Waals surface area contributed by atoms with Crippen LogP contribution < -0.4 is 0 Å². The molecule has 2 nitrogen and oxygen atoms in total. The van der Waals surface area contributed by atoms with Crippen LogP contribution >= 0.6 is 0 Å². The predicted molar refractivity (Wildman–Crippen MR) is 143 cm³/mol. The fourth-order valence-corrected chi connectivity index (χ4v) is 4.86. The highest BCUT2D eigenvalue weighted by molar-refractivity contribution is 5.71. The molecular formula is C32H36F4O2. The zero-order valence-electron chi connectivity index (χ0n) is 22.2. The number of unbranched alkanes of at least 4 members (excludes halogenated alkanes) is 6. The number of aryl methyl sites for hydroxylation is 1. The van der Waals surface area contributed by atoms with E-state index in [4.69, 9.17) is 9.47 Å². The summed E-state index contributed by atoms with van der Waals surface area (Å²) in [5.41, 5.74) is 1.49. The minimum Gasteiger partial charge on any atom is -0.348 e. The fraction of sp³-hybridized carbons (Fsp3) is 0.438. The van der Waals surface area contributed by atoms with Gasteiger partial charge in [-0.25, -0.2) is 17.6 Å². The van der Waals surface area contributed by atoms with Crippen LogP contribution in [0, 0.1) is 29.2 Å². The summed E-state index contributed by atoms with van der Waals surface area (Å²) >= 11 is 0. The Balaban J connectivity index is 1.44. The zero-order valence-corrected chi connectivity index (χ0v) is 22.2. The molecule has 0 amide bonds. The minimum atomic E-state index is -1.02. The van der Waals surface area contributed by atoms with Gasteiger partial charge in [-0.15, -0.1) is 0 Å². The van der Waals surface area contributed by atoms with Gasteiger partial charge in [0.15, 0.2) is 29.6 Å². The molecule has 0 unspecified atom stereocenters. The lowest BCUT2D eigenvalue weighted by molar-refractivity contribution is -0.203. The molecule has 0 atom stereocenters. The quantitative estimate of drug-likeness (QED) is 0.182. The molecule has 1 aliphatic heterocycles. The third kappa shape index (κ3) is 6.65. The summed E-state index contributed by atoms with van der Waals surface area (Å²) in [5, 5.41) is 0. The molecule has 4 rings (SSSR count). The predicted octanol–water partition coefficient (Wildman–Crippen LogP) is 9.55. The summed E-state index contributed by atoms with van der Waals surface area (Å²) in [6.07, 6.45) is 7.37. The number of hydrogen-bond donors (Lipinski definition) is 0. The Hall–Kier alpha value is -2.70. The standard InChI is InChI=1S/C32H36F4O2/c1-3-4-5-6-7-8-9-10-24-15-16-25(29(34)28(24)33)22-11-13-23(14-12-22)26-17-18-27(31(36)30(26)35)32-37-19-21(2)20-38-32/h11-18,21,32H,3-10,19-20H2,1-2H3. The largest absolute Gasteiger partial charge is 0.348 e. The van der Waals surface area contributed by atoms with Crippen molar-refractivity contribution in [2.75, 3.05) is 13.2 Å². The Kier molecular flexibility index (Phi) is 9.97. The molecule has 0 N–H and O–H groups in total. The van der Waals surface area contributed by atoms with Gasteiger partial charge in [0.05, 0.1) is 13.2 Å². The van der Waals surface area contributed by atoms with Gasteiger partial charge in [0.2, 0.25) is 0 Å². The maximum absolute atomic E-state index is 15.0. The molecule has 1 aliphatic rings. The number of benzene rings is 3. The van der Waals surface area contributed by atoms with Crippen LogP contribution in [0.1, 0.15) is 76.2 Å². The fourth-order valence-electron chi connectivity index (χ4n) is 4.86. The van der Waals surface area contributed by atoms with Crippen LogP contribution in [0.2, 0.25) is 0 Å². The van der Waals surface area contributed by atoms with E-state index in [2.05, 4.69) is 6.92 Å². The van der Waals surface area contributed by atoms with Crippen molar-refractivity contribution in [2.24, 2.45) is 5.92 Å². The lowest BCUT2D eigenvalue weighted by atomic mass is 9.96. The van der Waals surface area contributed by atoms with Gasteiger partial charge in [0, 0.05) is 22.6 Å². The lowest BCUT2D eigenvalue weighted by Crippen LogP contribution is -2.25. The zero-order chi connectivity index (χ0) is 27.1. The highest BCUT2D eigenvalue weighted by atomic mass is 19.2. The van der Waals surface area contributed by atoms with Crippen molar-refractivity contribution in [2.45, 2.75) is 71.5 Å². The summed E-state index contributed by atoms with van der Waals surface area (Å²) in [4.78, 5) is 0. The maximum atomic E-state index is 15.0. The van der Waals surface area contributed by atoms with Crippen molar-refractivity contribution in [3.8, 4) is 22.3 Å². The number of hydrogen-bond acceptors (Lipinski definition) is 2. The molecule has 1 fully saturated rings. The van der Waals surface area contributed by atoms with Gasteiger partial charge < -0.3 is 9.47 Å². The van der Waals surface area contributed by atoms with Gasteiger partial charge in [-0.1, -0.05) is 101 Å². The van der Waals surface area contributed by atoms with E-state index in [-0.39, 0.29) is 22.6 Å². The molecule has 0 radical (unpaired) electrons. The monoisotopic (exact) mass is 528 g/mol. The molecule has 0 spiro atoms. The van der Waals surface area contributed by atoms with Crippen LogP contribution in [0.4, 0.5) is 17.6 Å². The molecule has 0 saturated carbocycles. The Labute approximate surface area is 223 Å². The van der Waals surface area contributed by atoms with Crippen LogP contribution in [0.5, 0.6) is 0 Å². The first-order valence-corrected chi connectivity index (χ1v) is 13.7. The highest BCUT2D eigenvalue weighted by Gasteiger charge is 2.26. The van der Waals surface area contributed by atoms with Crippen molar-refractivity contribution in [3.05, 3.63) is 82.9 Å². The third-order valence-electron chi connectivity index (χ3n) is 7.15. The van der Waals surface area contributed by atoms with Crippen LogP contribution in [-0.4, -0.2) is 13.2 Å². The summed E-state index contributed by atoms with van der Waals surface area (Å²) in [6.45, 7) is 4.95. The molecule has 3 aromatic carbocycles. The van der Waals surface area contributed by atoms with E-state index in [1.54, 1.807) is 36.4 Å². The van der Waals surface area contributed by atoms with Crippen molar-refractivity contribution >= 4 is 0 Å². The van der Waals surface area contributed by atoms with Crippen LogP contribution in [0.3, 0.4) is 0 Å². The Bertz CT molecular complexity index is 1200. The first-order chi connectivity index (χ1) is 18.4. The van der Waals surface area contributed by atoms with Gasteiger partial charge in [0.25, 0.3) is 0 Å². The van der Waals surface area contributed by atoms with Crippen LogP contribution in [0.15, 0.2) is 48.5 Å². The Morgan fingerprint density at radius 1 is 0.632 bits per heavy atom. The molecule has 6 heteroatoms. The first kappa shape index (κ1) is 28.3. The van der Waals surface area contributed by atoms with Crippen LogP contribution in [-0.2, 0) is 15.9 Å². The molecule has 38 heavy (non-hydrogen) atoms. The summed E-state index contributed by atoms with van der Waals surface area (Å²) in [5.74, 6) is -3.54. The Morgan fingerprint density at radius 2 is 1.16 bits per heavy atom. The van der Waals surface area contributed by atoms with E-state index in [1.807, 2.05) is 6.92 Å². The second-order valence-electron chi connectivity index (χ2n) is 10.3. The third-order valence-corrected chi connectivity index (χ3v) is 7.15. The van der Waals surface area contributed by atoms with Crippen molar-refractivity contribution < 1.29 is 27.0 Å². The second kappa shape index (κ2) is 13.4. The van der Waals surface area contributed by atoms with E-state index in [9.17, 15) is 17.6 Å². The molecule has 0 aromatic heterocycles. The SMILES string of the molecule is CCCCCCCCCc1ccc(-c2ccc(-c3ccc(C4OCC(C)CO4)c(F)c3F)cc2)c(F)c1F. The van der Waals surface area contributed by atoms with Gasteiger partial charge in [-0.05, 0) is 29.5 Å². The van der Waals surface area contributed by atoms with Crippen molar-refractivity contribution in [3.63, 3.8) is 0 Å². The molecular weight excluding hydrogens is 492 g/mol. The highest BCUT2D eigenvalue weighted by Crippen LogP contribution is 2.34. The normalized spacial score (nSPS) is 17.6. The van der Waals surface area contributed by atoms with E-state index < -0.39 is 29.6 Å². The number of rotatable bonds is 11. The average molecular weight is 529 g/mol. The van der Waals surface area contributed by atoms with Gasteiger partial charge in [-0.3, -0.25) is 0 Å². The smallest absolute Gasteiger partial charge is 0.186 e. The van der Waals surface area contributed by atoms with Crippen LogP contribution in [0.25, 0.3) is 22.3 Å². The van der Waals surface area contributed by atoms with E-state index in [0.717, 1.165) is 19.3 Å². The summed E-state index contributed by atoms with van der Waals surface area (Å²) in [6, 6.07) is 12.5. The Morgan fingerprint density at radius 3 is 1.76 bits per heavy atom. The number of ether oxygens (including phenoxy) is 2. The maximum Gasteiger partial charge on any atom is 0.186 e. The van der Waals surface area contributed by atoms with E-state index in [0.29, 0.717) is 36.3 Å². The van der Waals surface area contributed by atoms with Gasteiger partial charge >= 0.3 is 0 Å². The molecule has 0 aliphatic carbocycles. The van der Waals surface area contributed by atoms with Crippen molar-refractivity contribution in [1.82, 2.24) is 0 Å². The van der Waals surface area contributed by atoms with Gasteiger partial charge in [0.1, 0.15) is 0 Å². The summed E-state index contributed by atoms with van der Waals surface area (Å²) < 4.78 is 70.6. The first-order valence-electron chi connectivity index (χ1n) is 13.7. The number of halogens is 4. The lowest BCUT2D eigenvalue weighted by Gasteiger charge is -2.28. The van der Waals surface area contributed by atoms with E-state index in [1.165, 1.54) is 37.8 Å². The van der Waals surface area contributed by atoms with Gasteiger partial charge in [-0.2, -0.15) is 0 Å². The van der Waals surface area contributed by atoms with E-state index >= 15 is 0 Å². The molecule has 0 bridgehead atoms. The summed E-state index contributed by atoms with van der Waals surface area (Å²) in [7, 11) is 0. The minimum absolute atomic E-state index is 0.0175. The second-order valence-corrected chi connectivity index (χ2v) is 10.3. The molecule has 3 aromatic rings. The van der Waals surface area contributed by atoms with Crippen molar-refractivity contribution in [1.29, 1.82) is 0 Å². The molecule has 1 heterocycles. The topological polar surface area (TPSA) is 18.5 Å².